The summed E-state index contributed by atoms with van der Waals surface area (Å²) in [4.78, 5) is 30.6. The number of hydrogen-bond acceptors (Lipinski definition) is 2. The fourth-order valence-corrected chi connectivity index (χ4v) is 3.89. The molecule has 0 atom stereocenters. The number of imide groups is 1. The van der Waals surface area contributed by atoms with Gasteiger partial charge >= 0.3 is 6.03 Å². The predicted molar refractivity (Wildman–Crippen MR) is 142 cm³/mol. The van der Waals surface area contributed by atoms with E-state index >= 15 is 0 Å². The molecule has 0 heterocycles. The number of rotatable bonds is 7. The van der Waals surface area contributed by atoms with Crippen molar-refractivity contribution in [2.75, 3.05) is 11.9 Å². The van der Waals surface area contributed by atoms with Gasteiger partial charge in [0, 0.05) is 19.2 Å². The summed E-state index contributed by atoms with van der Waals surface area (Å²) in [5.41, 5.74) is 3.87. The lowest BCUT2D eigenvalue weighted by Crippen LogP contribution is -2.45. The van der Waals surface area contributed by atoms with Crippen LogP contribution in [0.1, 0.15) is 16.7 Å². The molecule has 0 aliphatic rings. The molecule has 0 aliphatic carbocycles. The van der Waals surface area contributed by atoms with Crippen molar-refractivity contribution < 1.29 is 9.59 Å². The average molecular weight is 461 g/mol. The van der Waals surface area contributed by atoms with E-state index in [1.807, 2.05) is 115 Å². The molecule has 4 aromatic rings. The molecule has 0 bridgehead atoms. The van der Waals surface area contributed by atoms with Crippen LogP contribution in [-0.2, 0) is 17.8 Å². The van der Waals surface area contributed by atoms with Gasteiger partial charge in [0.25, 0.3) is 5.91 Å². The molecule has 0 aromatic heterocycles. The summed E-state index contributed by atoms with van der Waals surface area (Å²) in [5.74, 6) is -0.358. The Labute approximate surface area is 206 Å². The number of urea groups is 1. The SMILES string of the molecule is CN(Cc1ccccc1)C(=O)N(C(=O)/C(=C/Cc1ccccc1)c1ccccc1)c1ccccc1. The second-order valence-corrected chi connectivity index (χ2v) is 8.27. The van der Waals surface area contributed by atoms with Gasteiger partial charge in [0.2, 0.25) is 0 Å². The Kier molecular flexibility index (Phi) is 7.87. The second-order valence-electron chi connectivity index (χ2n) is 8.27. The lowest BCUT2D eigenvalue weighted by molar-refractivity contribution is -0.112. The fraction of sp³-hybridized carbons (Fsp3) is 0.0968. The first-order valence-electron chi connectivity index (χ1n) is 11.6. The summed E-state index contributed by atoms with van der Waals surface area (Å²) in [6.07, 6.45) is 2.49. The maximum atomic E-state index is 14.1. The number of amides is 3. The van der Waals surface area contributed by atoms with Crippen LogP contribution in [0.15, 0.2) is 127 Å². The molecule has 0 radical (unpaired) electrons. The Morgan fingerprint density at radius 2 is 1.14 bits per heavy atom. The number of nitrogens with zero attached hydrogens (tertiary/aromatic N) is 2. The Morgan fingerprint density at radius 3 is 1.71 bits per heavy atom. The van der Waals surface area contributed by atoms with Gasteiger partial charge in [-0.05, 0) is 35.2 Å². The number of para-hydroxylation sites is 1. The van der Waals surface area contributed by atoms with Gasteiger partial charge in [0.1, 0.15) is 0 Å². The van der Waals surface area contributed by atoms with Crippen molar-refractivity contribution in [3.8, 4) is 0 Å². The van der Waals surface area contributed by atoms with Crippen molar-refractivity contribution >= 4 is 23.2 Å². The molecular formula is C31H28N2O2. The minimum atomic E-state index is -0.383. The van der Waals surface area contributed by atoms with Crippen LogP contribution in [0.4, 0.5) is 10.5 Å². The predicted octanol–water partition coefficient (Wildman–Crippen LogP) is 6.60. The molecule has 3 amide bonds. The number of carbonyl (C=O) groups is 2. The molecule has 174 valence electrons. The maximum Gasteiger partial charge on any atom is 0.331 e. The van der Waals surface area contributed by atoms with Gasteiger partial charge in [-0.15, -0.1) is 0 Å². The summed E-state index contributed by atoms with van der Waals surface area (Å²) in [7, 11) is 1.72. The lowest BCUT2D eigenvalue weighted by atomic mass is 10.0. The smallest absolute Gasteiger partial charge is 0.323 e. The maximum absolute atomic E-state index is 14.1. The molecule has 0 N–H and O–H groups in total. The Balaban J connectivity index is 1.71. The highest BCUT2D eigenvalue weighted by molar-refractivity contribution is 6.33. The van der Waals surface area contributed by atoms with Gasteiger partial charge in [0.15, 0.2) is 0 Å². The summed E-state index contributed by atoms with van der Waals surface area (Å²) >= 11 is 0. The summed E-state index contributed by atoms with van der Waals surface area (Å²) < 4.78 is 0. The summed E-state index contributed by atoms with van der Waals surface area (Å²) in [5, 5.41) is 0. The highest BCUT2D eigenvalue weighted by Crippen LogP contribution is 2.25. The Morgan fingerprint density at radius 1 is 0.657 bits per heavy atom. The van der Waals surface area contributed by atoms with Crippen molar-refractivity contribution in [2.45, 2.75) is 13.0 Å². The first-order valence-corrected chi connectivity index (χ1v) is 11.6. The number of allylic oxidation sites excluding steroid dienone is 1. The van der Waals surface area contributed by atoms with Gasteiger partial charge in [0.05, 0.1) is 5.69 Å². The first-order chi connectivity index (χ1) is 17.1. The Bertz CT molecular complexity index is 1270. The average Bonchev–Trinajstić information content (AvgIpc) is 2.91. The van der Waals surface area contributed by atoms with E-state index in [4.69, 9.17) is 0 Å². The summed E-state index contributed by atoms with van der Waals surface area (Å²) in [6.45, 7) is 0.394. The molecule has 0 spiro atoms. The molecule has 4 rings (SSSR count). The van der Waals surface area contributed by atoms with Crippen LogP contribution in [0.2, 0.25) is 0 Å². The topological polar surface area (TPSA) is 40.6 Å². The third-order valence-electron chi connectivity index (χ3n) is 5.70. The van der Waals surface area contributed by atoms with E-state index in [-0.39, 0.29) is 11.9 Å². The van der Waals surface area contributed by atoms with Crippen molar-refractivity contribution in [2.24, 2.45) is 0 Å². The van der Waals surface area contributed by atoms with Gasteiger partial charge in [-0.3, -0.25) is 4.79 Å². The number of anilines is 1. The molecule has 4 heteroatoms. The van der Waals surface area contributed by atoms with Crippen LogP contribution < -0.4 is 4.90 Å². The van der Waals surface area contributed by atoms with Crippen LogP contribution in [-0.4, -0.2) is 23.9 Å². The minimum Gasteiger partial charge on any atom is -0.323 e. The van der Waals surface area contributed by atoms with Crippen molar-refractivity contribution in [1.82, 2.24) is 4.90 Å². The van der Waals surface area contributed by atoms with Crippen molar-refractivity contribution in [3.05, 3.63) is 144 Å². The fourth-order valence-electron chi connectivity index (χ4n) is 3.89. The number of carbonyl (C=O) groups excluding carboxylic acids is 2. The monoisotopic (exact) mass is 460 g/mol. The van der Waals surface area contributed by atoms with E-state index in [2.05, 4.69) is 0 Å². The number of benzene rings is 4. The Hall–Kier alpha value is -4.44. The lowest BCUT2D eigenvalue weighted by Gasteiger charge is -2.28. The largest absolute Gasteiger partial charge is 0.331 e. The third-order valence-corrected chi connectivity index (χ3v) is 5.70. The molecule has 35 heavy (non-hydrogen) atoms. The van der Waals surface area contributed by atoms with E-state index in [9.17, 15) is 9.59 Å². The highest BCUT2D eigenvalue weighted by atomic mass is 16.2. The number of hydrogen-bond donors (Lipinski definition) is 0. The quantitative estimate of drug-likeness (QED) is 0.292. The third kappa shape index (κ3) is 6.12. The minimum absolute atomic E-state index is 0.358. The van der Waals surface area contributed by atoms with Crippen LogP contribution in [0, 0.1) is 0 Å². The van der Waals surface area contributed by atoms with Crippen molar-refractivity contribution in [3.63, 3.8) is 0 Å². The summed E-state index contributed by atoms with van der Waals surface area (Å²) in [6, 6.07) is 37.9. The van der Waals surface area contributed by atoms with Crippen molar-refractivity contribution in [1.29, 1.82) is 0 Å². The standard InChI is InChI=1S/C31H28N2O2/c1-32(24-26-16-8-3-9-17-26)31(35)33(28-20-12-5-13-21-28)30(34)29(27-18-10-4-11-19-27)23-22-25-14-6-2-7-15-25/h2-21,23H,22,24H2,1H3/b29-23+. The van der Waals surface area contributed by atoms with Crippen LogP contribution in [0.5, 0.6) is 0 Å². The highest BCUT2D eigenvalue weighted by Gasteiger charge is 2.29. The van der Waals surface area contributed by atoms with Gasteiger partial charge < -0.3 is 4.90 Å². The molecule has 0 fully saturated rings. The zero-order chi connectivity index (χ0) is 24.5. The van der Waals surface area contributed by atoms with Crippen LogP contribution in [0.25, 0.3) is 5.57 Å². The zero-order valence-electron chi connectivity index (χ0n) is 19.7. The van der Waals surface area contributed by atoms with Crippen LogP contribution >= 0.6 is 0 Å². The zero-order valence-corrected chi connectivity index (χ0v) is 19.7. The van der Waals surface area contributed by atoms with E-state index in [1.165, 1.54) is 4.90 Å². The second kappa shape index (κ2) is 11.6. The van der Waals surface area contributed by atoms with Gasteiger partial charge in [-0.1, -0.05) is 115 Å². The first kappa shape index (κ1) is 23.7. The van der Waals surface area contributed by atoms with Gasteiger partial charge in [-0.2, -0.15) is 0 Å². The van der Waals surface area contributed by atoms with E-state index in [0.717, 1.165) is 16.7 Å². The van der Waals surface area contributed by atoms with E-state index in [0.29, 0.717) is 24.2 Å². The molecule has 0 aliphatic heterocycles. The molecule has 0 saturated carbocycles. The molecule has 4 nitrogen and oxygen atoms in total. The molecule has 4 aromatic carbocycles. The van der Waals surface area contributed by atoms with E-state index < -0.39 is 0 Å². The molecule has 0 unspecified atom stereocenters. The van der Waals surface area contributed by atoms with Gasteiger partial charge in [-0.25, -0.2) is 9.69 Å². The van der Waals surface area contributed by atoms with Crippen LogP contribution in [0.3, 0.4) is 0 Å². The molecular weight excluding hydrogens is 432 g/mol. The normalized spacial score (nSPS) is 11.1. The van der Waals surface area contributed by atoms with E-state index in [1.54, 1.807) is 24.1 Å². The molecule has 0 saturated heterocycles.